The van der Waals surface area contributed by atoms with Gasteiger partial charge < -0.3 is 10.1 Å². The molecule has 0 aliphatic rings. The number of benzene rings is 3. The molecule has 6 nitrogen and oxygen atoms in total. The zero-order valence-corrected chi connectivity index (χ0v) is 17.9. The summed E-state index contributed by atoms with van der Waals surface area (Å²) in [7, 11) is -3.66. The van der Waals surface area contributed by atoms with Gasteiger partial charge in [-0.15, -0.1) is 0 Å². The van der Waals surface area contributed by atoms with E-state index in [9.17, 15) is 13.2 Å². The largest absolute Gasteiger partial charge is 0.457 e. The fourth-order valence-corrected chi connectivity index (χ4v) is 4.15. The summed E-state index contributed by atoms with van der Waals surface area (Å²) in [5, 5.41) is 2.77. The van der Waals surface area contributed by atoms with Crippen molar-refractivity contribution in [1.29, 1.82) is 0 Å². The van der Waals surface area contributed by atoms with Gasteiger partial charge in [0.2, 0.25) is 15.9 Å². The van der Waals surface area contributed by atoms with Gasteiger partial charge in [-0.25, -0.2) is 8.42 Å². The SMILES string of the molecule is Cc1ccc(N([C@@H](C)C(=O)Nc2ccc(Oc3ccccc3)cc2)S(C)(=O)=O)cc1. The number of rotatable bonds is 7. The lowest BCUT2D eigenvalue weighted by atomic mass is 10.2. The summed E-state index contributed by atoms with van der Waals surface area (Å²) in [6.45, 7) is 3.47. The van der Waals surface area contributed by atoms with Crippen LogP contribution in [0.5, 0.6) is 11.5 Å². The third-order valence-corrected chi connectivity index (χ3v) is 5.72. The minimum absolute atomic E-state index is 0.433. The first kappa shape index (κ1) is 21.4. The standard InChI is InChI=1S/C23H24N2O4S/c1-17-9-13-20(14-10-17)25(30(3,27)28)18(2)23(26)24-19-11-15-22(16-12-19)29-21-7-5-4-6-8-21/h4-16,18H,1-3H3,(H,24,26)/t18-/m0/s1. The molecule has 0 spiro atoms. The van der Waals surface area contributed by atoms with Crippen LogP contribution >= 0.6 is 0 Å². The molecule has 0 fully saturated rings. The summed E-state index contributed by atoms with van der Waals surface area (Å²) in [5.74, 6) is 0.909. The van der Waals surface area contributed by atoms with Crippen LogP contribution < -0.4 is 14.4 Å². The molecule has 30 heavy (non-hydrogen) atoms. The Morgan fingerprint density at radius 2 is 1.47 bits per heavy atom. The highest BCUT2D eigenvalue weighted by Gasteiger charge is 2.29. The Balaban J connectivity index is 1.72. The van der Waals surface area contributed by atoms with E-state index in [0.29, 0.717) is 22.9 Å². The molecule has 0 radical (unpaired) electrons. The first-order chi connectivity index (χ1) is 14.2. The van der Waals surface area contributed by atoms with Gasteiger partial charge in [0.1, 0.15) is 17.5 Å². The van der Waals surface area contributed by atoms with Gasteiger partial charge in [-0.2, -0.15) is 0 Å². The quantitative estimate of drug-likeness (QED) is 0.602. The third kappa shape index (κ3) is 5.39. The molecule has 0 aliphatic carbocycles. The van der Waals surface area contributed by atoms with Gasteiger partial charge in [-0.1, -0.05) is 35.9 Å². The van der Waals surface area contributed by atoms with Crippen LogP contribution in [-0.4, -0.2) is 26.6 Å². The minimum Gasteiger partial charge on any atom is -0.457 e. The predicted octanol–water partition coefficient (Wildman–Crippen LogP) is 4.58. The highest BCUT2D eigenvalue weighted by Crippen LogP contribution is 2.24. The van der Waals surface area contributed by atoms with Crippen LogP contribution in [0.2, 0.25) is 0 Å². The Bertz CT molecular complexity index is 1100. The van der Waals surface area contributed by atoms with E-state index < -0.39 is 22.0 Å². The molecule has 0 heterocycles. The van der Waals surface area contributed by atoms with Crippen LogP contribution in [0.25, 0.3) is 0 Å². The number of carbonyl (C=O) groups excluding carboxylic acids is 1. The van der Waals surface area contributed by atoms with Crippen molar-refractivity contribution in [2.24, 2.45) is 0 Å². The molecule has 156 valence electrons. The molecule has 7 heteroatoms. The minimum atomic E-state index is -3.66. The lowest BCUT2D eigenvalue weighted by Gasteiger charge is -2.28. The molecule has 3 aromatic rings. The highest BCUT2D eigenvalue weighted by atomic mass is 32.2. The molecular formula is C23H24N2O4S. The summed E-state index contributed by atoms with van der Waals surface area (Å²) < 4.78 is 31.6. The maximum Gasteiger partial charge on any atom is 0.247 e. The Hall–Kier alpha value is -3.32. The number of nitrogens with zero attached hydrogens (tertiary/aromatic N) is 1. The summed E-state index contributed by atoms with van der Waals surface area (Å²) in [4.78, 5) is 12.8. The maximum atomic E-state index is 12.8. The molecule has 3 rings (SSSR count). The van der Waals surface area contributed by atoms with Crippen molar-refractivity contribution in [2.45, 2.75) is 19.9 Å². The average molecular weight is 425 g/mol. The molecule has 0 saturated carbocycles. The zero-order chi connectivity index (χ0) is 21.7. The average Bonchev–Trinajstić information content (AvgIpc) is 2.71. The number of nitrogens with one attached hydrogen (secondary N) is 1. The number of hydrogen-bond donors (Lipinski definition) is 1. The summed E-state index contributed by atoms with van der Waals surface area (Å²) in [6.07, 6.45) is 1.09. The smallest absolute Gasteiger partial charge is 0.247 e. The number of aryl methyl sites for hydroxylation is 1. The molecule has 0 bridgehead atoms. The Labute approximate surface area is 177 Å². The number of amides is 1. The van der Waals surface area contributed by atoms with E-state index in [4.69, 9.17) is 4.74 Å². The molecule has 1 atom stereocenters. The van der Waals surface area contributed by atoms with Gasteiger partial charge in [0.05, 0.1) is 11.9 Å². The Kier molecular flexibility index (Phi) is 6.42. The number of anilines is 2. The molecule has 0 unspecified atom stereocenters. The van der Waals surface area contributed by atoms with E-state index in [0.717, 1.165) is 16.1 Å². The molecule has 0 saturated heterocycles. The summed E-state index contributed by atoms with van der Waals surface area (Å²) >= 11 is 0. The number of hydrogen-bond acceptors (Lipinski definition) is 4. The second-order valence-corrected chi connectivity index (χ2v) is 8.86. The highest BCUT2D eigenvalue weighted by molar-refractivity contribution is 7.92. The van der Waals surface area contributed by atoms with E-state index in [2.05, 4.69) is 5.32 Å². The molecule has 3 aromatic carbocycles. The maximum absolute atomic E-state index is 12.8. The van der Waals surface area contributed by atoms with Gasteiger partial charge in [-0.3, -0.25) is 9.10 Å². The van der Waals surface area contributed by atoms with Gasteiger partial charge in [0, 0.05) is 5.69 Å². The second kappa shape index (κ2) is 9.00. The number of ether oxygens (including phenoxy) is 1. The zero-order valence-electron chi connectivity index (χ0n) is 17.1. The molecule has 1 N–H and O–H groups in total. The van der Waals surface area contributed by atoms with Gasteiger partial charge in [-0.05, 0) is 62.4 Å². The van der Waals surface area contributed by atoms with Crippen molar-refractivity contribution in [3.63, 3.8) is 0 Å². The van der Waals surface area contributed by atoms with Crippen molar-refractivity contribution >= 4 is 27.3 Å². The van der Waals surface area contributed by atoms with E-state index in [1.165, 1.54) is 0 Å². The normalized spacial score (nSPS) is 12.1. The fourth-order valence-electron chi connectivity index (χ4n) is 2.98. The Morgan fingerprint density at radius 3 is 2.03 bits per heavy atom. The van der Waals surface area contributed by atoms with Crippen LogP contribution in [0.3, 0.4) is 0 Å². The van der Waals surface area contributed by atoms with E-state index in [-0.39, 0.29) is 0 Å². The topological polar surface area (TPSA) is 75.7 Å². The predicted molar refractivity (Wildman–Crippen MR) is 120 cm³/mol. The fraction of sp³-hybridized carbons (Fsp3) is 0.174. The number of carbonyl (C=O) groups is 1. The van der Waals surface area contributed by atoms with Crippen LogP contribution in [0.1, 0.15) is 12.5 Å². The monoisotopic (exact) mass is 424 g/mol. The van der Waals surface area contributed by atoms with E-state index >= 15 is 0 Å². The third-order valence-electron chi connectivity index (χ3n) is 4.48. The number of para-hydroxylation sites is 1. The lowest BCUT2D eigenvalue weighted by molar-refractivity contribution is -0.116. The first-order valence-corrected chi connectivity index (χ1v) is 11.3. The van der Waals surface area contributed by atoms with Crippen molar-refractivity contribution in [1.82, 2.24) is 0 Å². The summed E-state index contributed by atoms with van der Waals surface area (Å²) in [5.41, 5.74) is 1.99. The van der Waals surface area contributed by atoms with Crippen molar-refractivity contribution in [3.05, 3.63) is 84.4 Å². The molecular weight excluding hydrogens is 400 g/mol. The van der Waals surface area contributed by atoms with Crippen LogP contribution in [0.15, 0.2) is 78.9 Å². The molecule has 1 amide bonds. The van der Waals surface area contributed by atoms with Gasteiger partial charge in [0.15, 0.2) is 0 Å². The van der Waals surface area contributed by atoms with E-state index in [1.54, 1.807) is 43.3 Å². The Morgan fingerprint density at radius 1 is 0.900 bits per heavy atom. The van der Waals surface area contributed by atoms with Gasteiger partial charge >= 0.3 is 0 Å². The van der Waals surface area contributed by atoms with Crippen LogP contribution in [0.4, 0.5) is 11.4 Å². The van der Waals surface area contributed by atoms with Crippen molar-refractivity contribution in [2.75, 3.05) is 15.9 Å². The summed E-state index contributed by atoms with van der Waals surface area (Å²) in [6, 6.07) is 22.3. The van der Waals surface area contributed by atoms with Crippen LogP contribution in [0, 0.1) is 6.92 Å². The van der Waals surface area contributed by atoms with E-state index in [1.807, 2.05) is 49.4 Å². The first-order valence-electron chi connectivity index (χ1n) is 9.44. The van der Waals surface area contributed by atoms with Crippen molar-refractivity contribution < 1.29 is 17.9 Å². The van der Waals surface area contributed by atoms with Crippen LogP contribution in [-0.2, 0) is 14.8 Å². The second-order valence-electron chi connectivity index (χ2n) is 7.00. The molecule has 0 aromatic heterocycles. The number of sulfonamides is 1. The van der Waals surface area contributed by atoms with Gasteiger partial charge in [0.25, 0.3) is 0 Å². The van der Waals surface area contributed by atoms with Crippen molar-refractivity contribution in [3.8, 4) is 11.5 Å². The molecule has 0 aliphatic heterocycles. The lowest BCUT2D eigenvalue weighted by Crippen LogP contribution is -2.45.